The molecule has 0 bridgehead atoms. The average Bonchev–Trinajstić information content (AvgIpc) is 3.01. The van der Waals surface area contributed by atoms with Gasteiger partial charge in [0.2, 0.25) is 0 Å². The zero-order valence-corrected chi connectivity index (χ0v) is 16.3. The Bertz CT molecular complexity index is 619. The van der Waals surface area contributed by atoms with E-state index in [0.29, 0.717) is 31.7 Å². The van der Waals surface area contributed by atoms with Crippen molar-refractivity contribution in [1.29, 1.82) is 0 Å². The number of carbonyl (C=O) groups is 1. The van der Waals surface area contributed by atoms with E-state index >= 15 is 0 Å². The summed E-state index contributed by atoms with van der Waals surface area (Å²) in [5.74, 6) is -0.0487. The van der Waals surface area contributed by atoms with Crippen LogP contribution in [0.4, 0.5) is 0 Å². The number of H-pyrrole nitrogens is 1. The second-order valence-corrected chi connectivity index (χ2v) is 8.68. The number of hydrogen-bond acceptors (Lipinski definition) is 5. The van der Waals surface area contributed by atoms with Gasteiger partial charge in [0, 0.05) is 43.8 Å². The van der Waals surface area contributed by atoms with Crippen molar-refractivity contribution in [2.24, 2.45) is 0 Å². The highest BCUT2D eigenvalue weighted by Gasteiger charge is 2.34. The minimum atomic E-state index is -0.728. The van der Waals surface area contributed by atoms with Gasteiger partial charge < -0.3 is 14.7 Å². The summed E-state index contributed by atoms with van der Waals surface area (Å²) in [4.78, 5) is 16.9. The van der Waals surface area contributed by atoms with E-state index in [0.717, 1.165) is 44.8 Å². The first-order chi connectivity index (χ1) is 12.3. The molecule has 2 saturated heterocycles. The lowest BCUT2D eigenvalue weighted by atomic mass is 9.92. The van der Waals surface area contributed by atoms with Gasteiger partial charge >= 0.3 is 0 Å². The fraction of sp³-hybridized carbons (Fsp3) is 0.789. The number of aromatic amines is 1. The van der Waals surface area contributed by atoms with Crippen molar-refractivity contribution in [2.75, 3.05) is 45.9 Å². The largest absolute Gasteiger partial charge is 0.388 e. The predicted molar refractivity (Wildman–Crippen MR) is 99.3 cm³/mol. The van der Waals surface area contributed by atoms with Crippen LogP contribution >= 0.6 is 0 Å². The highest BCUT2D eigenvalue weighted by Crippen LogP contribution is 2.26. The number of likely N-dealkylation sites (tertiary alicyclic amines) is 1. The second-order valence-electron chi connectivity index (χ2n) is 8.68. The number of nitrogens with one attached hydrogen (secondary N) is 1. The highest BCUT2D eigenvalue weighted by atomic mass is 16.5. The fourth-order valence-electron chi connectivity index (χ4n) is 3.69. The monoisotopic (exact) mass is 364 g/mol. The van der Waals surface area contributed by atoms with Crippen LogP contribution in [0.25, 0.3) is 0 Å². The summed E-state index contributed by atoms with van der Waals surface area (Å²) in [6.07, 6.45) is 2.14. The molecule has 1 atom stereocenters. The summed E-state index contributed by atoms with van der Waals surface area (Å²) < 4.78 is 5.38. The minimum Gasteiger partial charge on any atom is -0.388 e. The Morgan fingerprint density at radius 3 is 2.65 bits per heavy atom. The molecule has 2 aliphatic heterocycles. The number of morpholine rings is 1. The van der Waals surface area contributed by atoms with Gasteiger partial charge in [-0.3, -0.25) is 14.8 Å². The Morgan fingerprint density at radius 1 is 1.27 bits per heavy atom. The summed E-state index contributed by atoms with van der Waals surface area (Å²) in [5, 5.41) is 18.2. The first kappa shape index (κ1) is 19.3. The van der Waals surface area contributed by atoms with E-state index in [-0.39, 0.29) is 11.3 Å². The van der Waals surface area contributed by atoms with E-state index in [1.807, 2.05) is 11.0 Å². The van der Waals surface area contributed by atoms with Gasteiger partial charge in [0.25, 0.3) is 5.91 Å². The lowest BCUT2D eigenvalue weighted by molar-refractivity contribution is -0.0389. The van der Waals surface area contributed by atoms with Gasteiger partial charge in [0.05, 0.1) is 18.8 Å². The summed E-state index contributed by atoms with van der Waals surface area (Å²) in [7, 11) is 0. The molecule has 0 aliphatic carbocycles. The number of hydrogen-bond donors (Lipinski definition) is 2. The number of carbonyl (C=O) groups excluding carboxylic acids is 1. The molecule has 0 spiro atoms. The smallest absolute Gasteiger partial charge is 0.274 e. The normalized spacial score (nSPS) is 25.9. The van der Waals surface area contributed by atoms with Crippen molar-refractivity contribution >= 4 is 5.91 Å². The van der Waals surface area contributed by atoms with Crippen LogP contribution in [-0.2, 0) is 10.2 Å². The molecule has 3 rings (SSSR count). The zero-order valence-electron chi connectivity index (χ0n) is 16.3. The fourth-order valence-corrected chi connectivity index (χ4v) is 3.69. The molecule has 1 aromatic heterocycles. The quantitative estimate of drug-likeness (QED) is 0.847. The highest BCUT2D eigenvalue weighted by molar-refractivity contribution is 5.92. The first-order valence-electron chi connectivity index (χ1n) is 9.65. The molecule has 26 heavy (non-hydrogen) atoms. The molecule has 2 fully saturated rings. The molecule has 0 aromatic carbocycles. The van der Waals surface area contributed by atoms with Gasteiger partial charge in [-0.15, -0.1) is 0 Å². The molecule has 7 nitrogen and oxygen atoms in total. The Balaban J connectivity index is 1.60. The standard InChI is InChI=1S/C19H32N4O3/c1-18(2,3)16-13-15(20-21-16)17(24)23-7-4-5-19(25,6-8-23)14-22-9-11-26-12-10-22/h13,25H,4-12,14H2,1-3H3,(H,20,21)/t19-/m0/s1. The van der Waals surface area contributed by atoms with E-state index in [4.69, 9.17) is 4.74 Å². The summed E-state index contributed by atoms with van der Waals surface area (Å²) in [5.41, 5.74) is 0.630. The summed E-state index contributed by atoms with van der Waals surface area (Å²) in [6.45, 7) is 11.4. The number of rotatable bonds is 3. The number of amides is 1. The van der Waals surface area contributed by atoms with Crippen LogP contribution in [0.2, 0.25) is 0 Å². The van der Waals surface area contributed by atoms with E-state index in [1.54, 1.807) is 0 Å². The summed E-state index contributed by atoms with van der Waals surface area (Å²) >= 11 is 0. The van der Waals surface area contributed by atoms with Gasteiger partial charge in [0.1, 0.15) is 5.69 Å². The molecule has 0 unspecified atom stereocenters. The SMILES string of the molecule is CC(C)(C)c1cc(C(=O)N2CCC[C@@](O)(CN3CCOCC3)CC2)n[nH]1. The molecule has 1 amide bonds. The van der Waals surface area contributed by atoms with Gasteiger partial charge in [0.15, 0.2) is 0 Å². The third kappa shape index (κ3) is 4.64. The van der Waals surface area contributed by atoms with Crippen LogP contribution in [0.3, 0.4) is 0 Å². The van der Waals surface area contributed by atoms with Crippen LogP contribution in [0.5, 0.6) is 0 Å². The van der Waals surface area contributed by atoms with E-state index in [1.165, 1.54) is 0 Å². The number of nitrogens with zero attached hydrogens (tertiary/aromatic N) is 3. The maximum atomic E-state index is 12.8. The molecule has 1 aromatic rings. The van der Waals surface area contributed by atoms with Crippen molar-refractivity contribution in [1.82, 2.24) is 20.0 Å². The lowest BCUT2D eigenvalue weighted by Gasteiger charge is -2.35. The van der Waals surface area contributed by atoms with Gasteiger partial charge in [-0.05, 0) is 25.3 Å². The molecule has 2 aliphatic rings. The third-order valence-electron chi connectivity index (χ3n) is 5.43. The first-order valence-corrected chi connectivity index (χ1v) is 9.65. The maximum Gasteiger partial charge on any atom is 0.274 e. The number of β-amino-alcohol motifs (C(OH)–C–C–N with tert-alkyl or cyclic N) is 1. The zero-order chi connectivity index (χ0) is 18.8. The molecule has 0 saturated carbocycles. The molecule has 0 radical (unpaired) electrons. The van der Waals surface area contributed by atoms with Crippen molar-refractivity contribution in [3.05, 3.63) is 17.5 Å². The van der Waals surface area contributed by atoms with Crippen LogP contribution in [0.1, 0.15) is 56.2 Å². The topological polar surface area (TPSA) is 81.7 Å². The second kappa shape index (κ2) is 7.66. The Hall–Kier alpha value is -1.44. The molecule has 3 heterocycles. The van der Waals surface area contributed by atoms with E-state index in [9.17, 15) is 9.90 Å². The van der Waals surface area contributed by atoms with Crippen LogP contribution in [0, 0.1) is 0 Å². The average molecular weight is 364 g/mol. The number of aromatic nitrogens is 2. The molecular weight excluding hydrogens is 332 g/mol. The molecule has 146 valence electrons. The molecular formula is C19H32N4O3. The van der Waals surface area contributed by atoms with E-state index < -0.39 is 5.60 Å². The van der Waals surface area contributed by atoms with Crippen LogP contribution < -0.4 is 0 Å². The molecule has 2 N–H and O–H groups in total. The van der Waals surface area contributed by atoms with Crippen LogP contribution in [0.15, 0.2) is 6.07 Å². The van der Waals surface area contributed by atoms with Crippen molar-refractivity contribution in [3.63, 3.8) is 0 Å². The van der Waals surface area contributed by atoms with Crippen molar-refractivity contribution in [3.8, 4) is 0 Å². The number of ether oxygens (including phenoxy) is 1. The van der Waals surface area contributed by atoms with Crippen molar-refractivity contribution in [2.45, 2.75) is 51.0 Å². The van der Waals surface area contributed by atoms with Crippen LogP contribution in [-0.4, -0.2) is 82.5 Å². The maximum absolute atomic E-state index is 12.8. The van der Waals surface area contributed by atoms with Crippen molar-refractivity contribution < 1.29 is 14.6 Å². The third-order valence-corrected chi connectivity index (χ3v) is 5.43. The van der Waals surface area contributed by atoms with Gasteiger partial charge in [-0.25, -0.2) is 0 Å². The minimum absolute atomic E-state index is 0.0487. The lowest BCUT2D eigenvalue weighted by Crippen LogP contribution is -2.48. The Morgan fingerprint density at radius 2 is 2.00 bits per heavy atom. The Labute approximate surface area is 155 Å². The molecule has 7 heteroatoms. The summed E-state index contributed by atoms with van der Waals surface area (Å²) in [6, 6.07) is 1.85. The van der Waals surface area contributed by atoms with E-state index in [2.05, 4.69) is 35.9 Å². The Kier molecular flexibility index (Phi) is 5.69. The number of aliphatic hydroxyl groups is 1. The predicted octanol–water partition coefficient (Wildman–Crippen LogP) is 1.40. The van der Waals surface area contributed by atoms with Gasteiger partial charge in [-0.1, -0.05) is 20.8 Å². The van der Waals surface area contributed by atoms with Gasteiger partial charge in [-0.2, -0.15) is 5.10 Å².